The van der Waals surface area contributed by atoms with E-state index in [0.717, 1.165) is 29.4 Å². The zero-order chi connectivity index (χ0) is 16.7. The van der Waals surface area contributed by atoms with E-state index in [1.54, 1.807) is 0 Å². The number of nitrogens with two attached hydrogens (primary N) is 1. The Bertz CT molecular complexity index is 730. The number of fused-ring (bicyclic) bond motifs is 2. The maximum atomic E-state index is 12.6. The fourth-order valence-electron chi connectivity index (χ4n) is 4.29. The number of aryl methyl sites for hydroxylation is 1. The number of hydrogen-bond acceptors (Lipinski definition) is 5. The second-order valence-electron chi connectivity index (χ2n) is 7.13. The summed E-state index contributed by atoms with van der Waals surface area (Å²) in [6.45, 7) is 1.90. The van der Waals surface area contributed by atoms with Crippen molar-refractivity contribution in [3.63, 3.8) is 0 Å². The van der Waals surface area contributed by atoms with Crippen LogP contribution < -0.4 is 11.1 Å². The van der Waals surface area contributed by atoms with Crippen LogP contribution in [-0.2, 0) is 0 Å². The molecule has 2 fully saturated rings. The Balaban J connectivity index is 0.00000182. The van der Waals surface area contributed by atoms with Crippen molar-refractivity contribution in [1.82, 2.24) is 10.3 Å². The van der Waals surface area contributed by atoms with Crippen molar-refractivity contribution in [2.45, 2.75) is 51.1 Å². The summed E-state index contributed by atoms with van der Waals surface area (Å²) in [6, 6.07) is 4.34. The molecule has 2 aromatic heterocycles. The SMILES string of the molecule is Cc1ccc(-c2nc(C(=O)NC3C4CCCC3CC(N)C4)cs2)o1.Cl. The van der Waals surface area contributed by atoms with Crippen LogP contribution in [0.4, 0.5) is 0 Å². The number of nitrogens with zero attached hydrogens (tertiary/aromatic N) is 1. The molecule has 2 bridgehead atoms. The van der Waals surface area contributed by atoms with Crippen LogP contribution in [0.1, 0.15) is 48.4 Å². The highest BCUT2D eigenvalue weighted by Gasteiger charge is 2.40. The number of carbonyl (C=O) groups excluding carboxylic acids is 1. The van der Waals surface area contributed by atoms with Crippen molar-refractivity contribution in [3.8, 4) is 10.8 Å². The summed E-state index contributed by atoms with van der Waals surface area (Å²) in [4.78, 5) is 17.1. The molecule has 0 radical (unpaired) electrons. The first kappa shape index (κ1) is 18.4. The van der Waals surface area contributed by atoms with Gasteiger partial charge in [-0.15, -0.1) is 23.7 Å². The minimum Gasteiger partial charge on any atom is -0.459 e. The third-order valence-electron chi connectivity index (χ3n) is 5.36. The van der Waals surface area contributed by atoms with E-state index in [2.05, 4.69) is 10.3 Å². The lowest BCUT2D eigenvalue weighted by Crippen LogP contribution is -2.53. The molecule has 2 aromatic rings. The van der Waals surface area contributed by atoms with Crippen LogP contribution >= 0.6 is 23.7 Å². The zero-order valence-electron chi connectivity index (χ0n) is 14.2. The molecule has 2 aliphatic rings. The van der Waals surface area contributed by atoms with Crippen molar-refractivity contribution < 1.29 is 9.21 Å². The Morgan fingerprint density at radius 2 is 2.04 bits per heavy atom. The van der Waals surface area contributed by atoms with Gasteiger partial charge in [-0.2, -0.15) is 0 Å². The number of nitrogens with one attached hydrogen (secondary N) is 1. The third-order valence-corrected chi connectivity index (χ3v) is 6.22. The van der Waals surface area contributed by atoms with Crippen molar-refractivity contribution in [2.24, 2.45) is 17.6 Å². The Hall–Kier alpha value is -1.37. The molecular weight excluding hydrogens is 358 g/mol. The lowest BCUT2D eigenvalue weighted by Gasteiger charge is -2.45. The molecule has 25 heavy (non-hydrogen) atoms. The summed E-state index contributed by atoms with van der Waals surface area (Å²) in [6.07, 6.45) is 5.64. The van der Waals surface area contributed by atoms with Crippen molar-refractivity contribution >= 4 is 29.7 Å². The number of rotatable bonds is 3. The summed E-state index contributed by atoms with van der Waals surface area (Å²) < 4.78 is 5.59. The molecule has 7 heteroatoms. The molecule has 2 saturated carbocycles. The molecule has 0 spiro atoms. The van der Waals surface area contributed by atoms with E-state index >= 15 is 0 Å². The maximum absolute atomic E-state index is 12.6. The fourth-order valence-corrected chi connectivity index (χ4v) is 5.05. The molecule has 3 N–H and O–H groups in total. The lowest BCUT2D eigenvalue weighted by molar-refractivity contribution is 0.0752. The van der Waals surface area contributed by atoms with E-state index in [1.807, 2.05) is 24.4 Å². The minimum absolute atomic E-state index is 0. The van der Waals surface area contributed by atoms with Gasteiger partial charge in [0.25, 0.3) is 5.91 Å². The molecular formula is C18H24ClN3O2S. The van der Waals surface area contributed by atoms with Crippen LogP contribution in [0.5, 0.6) is 0 Å². The monoisotopic (exact) mass is 381 g/mol. The van der Waals surface area contributed by atoms with Crippen molar-refractivity contribution in [2.75, 3.05) is 0 Å². The van der Waals surface area contributed by atoms with E-state index in [9.17, 15) is 4.79 Å². The summed E-state index contributed by atoms with van der Waals surface area (Å²) >= 11 is 1.44. The maximum Gasteiger partial charge on any atom is 0.271 e. The third kappa shape index (κ3) is 3.76. The van der Waals surface area contributed by atoms with Gasteiger partial charge in [-0.3, -0.25) is 4.79 Å². The van der Waals surface area contributed by atoms with Gasteiger partial charge >= 0.3 is 0 Å². The molecule has 0 aromatic carbocycles. The van der Waals surface area contributed by atoms with Gasteiger partial charge in [0.15, 0.2) is 10.8 Å². The smallest absolute Gasteiger partial charge is 0.271 e. The molecule has 1 amide bonds. The number of halogens is 1. The quantitative estimate of drug-likeness (QED) is 0.847. The standard InChI is InChI=1S/C18H23N3O2S.ClH/c1-10-5-6-15(23-10)18-20-14(9-24-18)17(22)21-16-11-3-2-4-12(16)8-13(19)7-11;/h5-6,9,11-13,16H,2-4,7-8,19H2,1H3,(H,21,22);1H. The van der Waals surface area contributed by atoms with E-state index in [-0.39, 0.29) is 24.4 Å². The molecule has 2 heterocycles. The van der Waals surface area contributed by atoms with Gasteiger partial charge in [-0.05, 0) is 56.6 Å². The Morgan fingerprint density at radius 1 is 1.32 bits per heavy atom. The average Bonchev–Trinajstić information content (AvgIpc) is 3.17. The first-order valence-corrected chi connectivity index (χ1v) is 9.57. The highest BCUT2D eigenvalue weighted by Crippen LogP contribution is 2.39. The first-order chi connectivity index (χ1) is 11.6. The topological polar surface area (TPSA) is 81.2 Å². The van der Waals surface area contributed by atoms with Crippen LogP contribution in [0, 0.1) is 18.8 Å². The van der Waals surface area contributed by atoms with Gasteiger partial charge in [-0.25, -0.2) is 4.98 Å². The van der Waals surface area contributed by atoms with Gasteiger partial charge < -0.3 is 15.5 Å². The second-order valence-corrected chi connectivity index (χ2v) is 7.99. The lowest BCUT2D eigenvalue weighted by atomic mass is 9.67. The molecule has 2 atom stereocenters. The van der Waals surface area contributed by atoms with E-state index in [0.29, 0.717) is 23.6 Å². The number of furan rings is 1. The summed E-state index contributed by atoms with van der Waals surface area (Å²) in [7, 11) is 0. The van der Waals surface area contributed by atoms with Crippen LogP contribution in [0.2, 0.25) is 0 Å². The normalized spacial score (nSPS) is 28.2. The number of carbonyl (C=O) groups is 1. The van der Waals surface area contributed by atoms with Gasteiger partial charge in [0.2, 0.25) is 0 Å². The number of thiazole rings is 1. The van der Waals surface area contributed by atoms with Crippen molar-refractivity contribution in [1.29, 1.82) is 0 Å². The van der Waals surface area contributed by atoms with Gasteiger partial charge in [0, 0.05) is 17.5 Å². The highest BCUT2D eigenvalue weighted by atomic mass is 35.5. The summed E-state index contributed by atoms with van der Waals surface area (Å²) in [5, 5.41) is 5.81. The Kier molecular flexibility index (Phi) is 5.51. The van der Waals surface area contributed by atoms with Gasteiger partial charge in [0.1, 0.15) is 11.5 Å². The molecule has 2 aliphatic carbocycles. The molecule has 4 rings (SSSR count). The number of amides is 1. The summed E-state index contributed by atoms with van der Waals surface area (Å²) in [5.74, 6) is 2.53. The van der Waals surface area contributed by atoms with Crippen molar-refractivity contribution in [3.05, 3.63) is 29.0 Å². The fraction of sp³-hybridized carbons (Fsp3) is 0.556. The van der Waals surface area contributed by atoms with E-state index < -0.39 is 0 Å². The van der Waals surface area contributed by atoms with Gasteiger partial charge in [-0.1, -0.05) is 6.42 Å². The van der Waals surface area contributed by atoms with Crippen LogP contribution in [0.25, 0.3) is 10.8 Å². The highest BCUT2D eigenvalue weighted by molar-refractivity contribution is 7.13. The van der Waals surface area contributed by atoms with E-state index in [1.165, 1.54) is 30.6 Å². The molecule has 0 aliphatic heterocycles. The number of aromatic nitrogens is 1. The molecule has 5 nitrogen and oxygen atoms in total. The van der Waals surface area contributed by atoms with Crippen LogP contribution in [0.15, 0.2) is 21.9 Å². The summed E-state index contributed by atoms with van der Waals surface area (Å²) in [5.41, 5.74) is 6.65. The van der Waals surface area contributed by atoms with Gasteiger partial charge in [0.05, 0.1) is 0 Å². The second kappa shape index (κ2) is 7.48. The Labute approximate surface area is 157 Å². The van der Waals surface area contributed by atoms with Crippen LogP contribution in [0.3, 0.4) is 0 Å². The Morgan fingerprint density at radius 3 is 2.68 bits per heavy atom. The van der Waals surface area contributed by atoms with Crippen LogP contribution in [-0.4, -0.2) is 23.0 Å². The predicted octanol–water partition coefficient (Wildman–Crippen LogP) is 3.77. The largest absolute Gasteiger partial charge is 0.459 e. The molecule has 2 unspecified atom stereocenters. The molecule has 136 valence electrons. The van der Waals surface area contributed by atoms with E-state index in [4.69, 9.17) is 10.2 Å². The average molecular weight is 382 g/mol. The number of hydrogen-bond donors (Lipinski definition) is 2. The first-order valence-electron chi connectivity index (χ1n) is 8.69. The zero-order valence-corrected chi connectivity index (χ0v) is 15.9. The minimum atomic E-state index is -0.0712. The molecule has 0 saturated heterocycles. The predicted molar refractivity (Wildman–Crippen MR) is 101 cm³/mol.